The van der Waals surface area contributed by atoms with Crippen LogP contribution in [0.2, 0.25) is 0 Å². The number of aromatic nitrogens is 1. The molecule has 0 unspecified atom stereocenters. The van der Waals surface area contributed by atoms with Crippen molar-refractivity contribution in [3.8, 4) is 0 Å². The second-order valence-electron chi connectivity index (χ2n) is 4.30. The molecule has 0 atom stereocenters. The minimum absolute atomic E-state index is 0.568. The van der Waals surface area contributed by atoms with Crippen molar-refractivity contribution in [2.45, 2.75) is 27.2 Å². The molecule has 1 aromatic carbocycles. The maximum atomic E-state index is 5.71. The largest absolute Gasteiger partial charge is 0.439 e. The summed E-state index contributed by atoms with van der Waals surface area (Å²) < 4.78 is 6.69. The van der Waals surface area contributed by atoms with E-state index in [-0.39, 0.29) is 0 Å². The molecule has 2 rings (SSSR count). The van der Waals surface area contributed by atoms with Crippen molar-refractivity contribution in [3.05, 3.63) is 28.1 Å². The van der Waals surface area contributed by atoms with Crippen molar-refractivity contribution in [1.82, 2.24) is 4.98 Å². The molecule has 0 bridgehead atoms. The lowest BCUT2D eigenvalue weighted by Crippen LogP contribution is -1.93. The molecular formula is C12H14BrNO. The molecule has 0 aliphatic carbocycles. The first-order valence-corrected chi connectivity index (χ1v) is 5.91. The van der Waals surface area contributed by atoms with Gasteiger partial charge in [0, 0.05) is 6.42 Å². The van der Waals surface area contributed by atoms with Gasteiger partial charge in [-0.15, -0.1) is 0 Å². The molecule has 15 heavy (non-hydrogen) atoms. The Balaban J connectivity index is 2.50. The lowest BCUT2D eigenvalue weighted by Gasteiger charge is -1.97. The summed E-state index contributed by atoms with van der Waals surface area (Å²) in [4.78, 5) is 4.48. The minimum Gasteiger partial charge on any atom is -0.439 e. The molecule has 0 amide bonds. The predicted octanol–water partition coefficient (Wildman–Crippen LogP) is 4.10. The third-order valence-corrected chi connectivity index (χ3v) is 2.81. The highest BCUT2D eigenvalue weighted by Gasteiger charge is 2.10. The SMILES string of the molecule is Cc1cc(Br)c2oc(CC(C)C)nc2c1. The van der Waals surface area contributed by atoms with Crippen molar-refractivity contribution in [3.63, 3.8) is 0 Å². The number of fused-ring (bicyclic) bond motifs is 1. The standard InChI is InChI=1S/C12H14BrNO/c1-7(2)4-11-14-10-6-8(3)5-9(13)12(10)15-11/h5-7H,4H2,1-3H3. The highest BCUT2D eigenvalue weighted by atomic mass is 79.9. The van der Waals surface area contributed by atoms with Gasteiger partial charge in [0.25, 0.3) is 0 Å². The second-order valence-corrected chi connectivity index (χ2v) is 5.15. The van der Waals surface area contributed by atoms with Crippen LogP contribution in [0.4, 0.5) is 0 Å². The highest BCUT2D eigenvalue weighted by molar-refractivity contribution is 9.10. The molecule has 1 aromatic heterocycles. The van der Waals surface area contributed by atoms with Crippen LogP contribution in [-0.2, 0) is 6.42 Å². The third kappa shape index (κ3) is 2.23. The molecular weight excluding hydrogens is 254 g/mol. The van der Waals surface area contributed by atoms with E-state index in [2.05, 4.69) is 41.7 Å². The zero-order chi connectivity index (χ0) is 11.0. The Labute approximate surface area is 97.8 Å². The Morgan fingerprint density at radius 1 is 1.40 bits per heavy atom. The van der Waals surface area contributed by atoms with E-state index in [0.717, 1.165) is 27.9 Å². The van der Waals surface area contributed by atoms with Crippen LogP contribution in [0.3, 0.4) is 0 Å². The number of halogens is 1. The number of nitrogens with zero attached hydrogens (tertiary/aromatic N) is 1. The Morgan fingerprint density at radius 3 is 2.80 bits per heavy atom. The predicted molar refractivity (Wildman–Crippen MR) is 65.0 cm³/mol. The van der Waals surface area contributed by atoms with Crippen molar-refractivity contribution in [1.29, 1.82) is 0 Å². The average molecular weight is 268 g/mol. The van der Waals surface area contributed by atoms with Crippen molar-refractivity contribution in [2.24, 2.45) is 5.92 Å². The van der Waals surface area contributed by atoms with E-state index >= 15 is 0 Å². The van der Waals surface area contributed by atoms with Crippen LogP contribution in [0.15, 0.2) is 21.0 Å². The summed E-state index contributed by atoms with van der Waals surface area (Å²) in [6, 6.07) is 4.10. The van der Waals surface area contributed by atoms with Gasteiger partial charge in [-0.3, -0.25) is 0 Å². The van der Waals surface area contributed by atoms with Gasteiger partial charge in [-0.25, -0.2) is 4.98 Å². The second kappa shape index (κ2) is 3.97. The third-order valence-electron chi connectivity index (χ3n) is 2.22. The first kappa shape index (κ1) is 10.7. The summed E-state index contributed by atoms with van der Waals surface area (Å²) in [6.45, 7) is 6.38. The summed E-state index contributed by atoms with van der Waals surface area (Å²) >= 11 is 3.49. The molecule has 0 N–H and O–H groups in total. The fourth-order valence-corrected chi connectivity index (χ4v) is 2.25. The van der Waals surface area contributed by atoms with Gasteiger partial charge in [0.1, 0.15) is 5.52 Å². The quantitative estimate of drug-likeness (QED) is 0.819. The van der Waals surface area contributed by atoms with Crippen LogP contribution in [0.25, 0.3) is 11.1 Å². The number of hydrogen-bond donors (Lipinski definition) is 0. The summed E-state index contributed by atoms with van der Waals surface area (Å²) in [7, 11) is 0. The van der Waals surface area contributed by atoms with E-state index in [1.54, 1.807) is 0 Å². The van der Waals surface area contributed by atoms with Crippen LogP contribution >= 0.6 is 15.9 Å². The lowest BCUT2D eigenvalue weighted by molar-refractivity contribution is 0.481. The number of aryl methyl sites for hydroxylation is 1. The van der Waals surface area contributed by atoms with Crippen molar-refractivity contribution in [2.75, 3.05) is 0 Å². The molecule has 0 aliphatic rings. The number of oxazole rings is 1. The van der Waals surface area contributed by atoms with Gasteiger partial charge in [-0.05, 0) is 46.5 Å². The van der Waals surface area contributed by atoms with Crippen LogP contribution in [0.5, 0.6) is 0 Å². The van der Waals surface area contributed by atoms with E-state index in [1.807, 2.05) is 12.1 Å². The number of benzene rings is 1. The van der Waals surface area contributed by atoms with E-state index in [4.69, 9.17) is 4.42 Å². The van der Waals surface area contributed by atoms with E-state index < -0.39 is 0 Å². The molecule has 0 saturated heterocycles. The minimum atomic E-state index is 0.568. The van der Waals surface area contributed by atoms with Gasteiger partial charge in [-0.1, -0.05) is 13.8 Å². The molecule has 0 fully saturated rings. The van der Waals surface area contributed by atoms with Gasteiger partial charge in [0.05, 0.1) is 4.47 Å². The van der Waals surface area contributed by atoms with E-state index in [1.165, 1.54) is 5.56 Å². The molecule has 2 nitrogen and oxygen atoms in total. The highest BCUT2D eigenvalue weighted by Crippen LogP contribution is 2.27. The summed E-state index contributed by atoms with van der Waals surface area (Å²) in [6.07, 6.45) is 0.889. The Bertz CT molecular complexity index is 488. The smallest absolute Gasteiger partial charge is 0.195 e. The maximum absolute atomic E-state index is 5.71. The summed E-state index contributed by atoms with van der Waals surface area (Å²) in [5.74, 6) is 1.39. The molecule has 2 aromatic rings. The van der Waals surface area contributed by atoms with Gasteiger partial charge < -0.3 is 4.42 Å². The normalized spacial score (nSPS) is 11.5. The van der Waals surface area contributed by atoms with Crippen LogP contribution < -0.4 is 0 Å². The molecule has 1 heterocycles. The number of hydrogen-bond acceptors (Lipinski definition) is 2. The zero-order valence-corrected chi connectivity index (χ0v) is 10.8. The molecule has 0 aliphatic heterocycles. The monoisotopic (exact) mass is 267 g/mol. The lowest BCUT2D eigenvalue weighted by atomic mass is 10.1. The van der Waals surface area contributed by atoms with Crippen molar-refractivity contribution >= 4 is 27.0 Å². The fraction of sp³-hybridized carbons (Fsp3) is 0.417. The van der Waals surface area contributed by atoms with Gasteiger partial charge in [0.2, 0.25) is 0 Å². The van der Waals surface area contributed by atoms with Gasteiger partial charge in [-0.2, -0.15) is 0 Å². The Kier molecular flexibility index (Phi) is 2.83. The summed E-state index contributed by atoms with van der Waals surface area (Å²) in [5.41, 5.74) is 2.99. The average Bonchev–Trinajstić information content (AvgIpc) is 2.45. The summed E-state index contributed by atoms with van der Waals surface area (Å²) in [5, 5.41) is 0. The van der Waals surface area contributed by atoms with E-state index in [0.29, 0.717) is 5.92 Å². The fourth-order valence-electron chi connectivity index (χ4n) is 1.61. The van der Waals surface area contributed by atoms with Gasteiger partial charge in [0.15, 0.2) is 11.5 Å². The maximum Gasteiger partial charge on any atom is 0.195 e. The van der Waals surface area contributed by atoms with Crippen LogP contribution in [0, 0.1) is 12.8 Å². The first-order chi connectivity index (χ1) is 7.06. The van der Waals surface area contributed by atoms with Crippen LogP contribution in [0.1, 0.15) is 25.3 Å². The molecule has 80 valence electrons. The van der Waals surface area contributed by atoms with Gasteiger partial charge >= 0.3 is 0 Å². The Morgan fingerprint density at radius 2 is 2.13 bits per heavy atom. The number of rotatable bonds is 2. The molecule has 3 heteroatoms. The zero-order valence-electron chi connectivity index (χ0n) is 9.17. The Hall–Kier alpha value is -0.830. The van der Waals surface area contributed by atoms with E-state index in [9.17, 15) is 0 Å². The van der Waals surface area contributed by atoms with Crippen molar-refractivity contribution < 1.29 is 4.42 Å². The molecule has 0 spiro atoms. The topological polar surface area (TPSA) is 26.0 Å². The molecule has 0 radical (unpaired) electrons. The molecule has 0 saturated carbocycles. The first-order valence-electron chi connectivity index (χ1n) is 5.12. The van der Waals surface area contributed by atoms with Crippen LogP contribution in [-0.4, -0.2) is 4.98 Å².